The normalized spacial score (nSPS) is 13.3. The first kappa shape index (κ1) is 30.7. The van der Waals surface area contributed by atoms with Crippen molar-refractivity contribution in [3.05, 3.63) is 74.6 Å². The molecule has 1 fully saturated rings. The van der Waals surface area contributed by atoms with Crippen LogP contribution < -0.4 is 16.1 Å². The fourth-order valence-electron chi connectivity index (χ4n) is 5.26. The predicted molar refractivity (Wildman–Crippen MR) is 158 cm³/mol. The highest BCUT2D eigenvalue weighted by atomic mass is 19.2. The number of methoxy groups -OCH3 is 1. The van der Waals surface area contributed by atoms with E-state index in [-0.39, 0.29) is 48.1 Å². The standard InChI is InChI=1S/C30H33F2N7O5/c1-3-11-38-27-25(29(42)39(30(38)43)15-16-44-2)34-26(35-27)20-8-10-23(33-18-20)37(14-5-13-36-12-4-6-24(36)40)28(41)19-7-9-21(31)22(32)17-19/h7-10,17-18H,3-6,11-16H2,1-2H3,(H,34,35). The average molecular weight is 610 g/mol. The summed E-state index contributed by atoms with van der Waals surface area (Å²) in [5.74, 6) is -2.18. The van der Waals surface area contributed by atoms with E-state index in [1.165, 1.54) is 28.8 Å². The van der Waals surface area contributed by atoms with Gasteiger partial charge >= 0.3 is 5.69 Å². The number of pyridine rings is 1. The Labute approximate surface area is 250 Å². The van der Waals surface area contributed by atoms with Gasteiger partial charge in [0.15, 0.2) is 17.3 Å². The Hall–Kier alpha value is -4.72. The number of anilines is 1. The lowest BCUT2D eigenvalue weighted by atomic mass is 10.1. The summed E-state index contributed by atoms with van der Waals surface area (Å²) in [5, 5.41) is 0. The van der Waals surface area contributed by atoms with Crippen molar-refractivity contribution in [1.82, 2.24) is 29.0 Å². The second kappa shape index (κ2) is 13.3. The van der Waals surface area contributed by atoms with Crippen LogP contribution in [0.4, 0.5) is 14.6 Å². The quantitative estimate of drug-likeness (QED) is 0.261. The van der Waals surface area contributed by atoms with E-state index in [4.69, 9.17) is 4.74 Å². The van der Waals surface area contributed by atoms with Crippen LogP contribution in [0.1, 0.15) is 43.0 Å². The number of fused-ring (bicyclic) bond motifs is 1. The maximum atomic E-state index is 14.0. The molecular weight excluding hydrogens is 576 g/mol. The van der Waals surface area contributed by atoms with Crippen molar-refractivity contribution in [2.24, 2.45) is 0 Å². The number of nitrogens with one attached hydrogen (secondary N) is 1. The minimum Gasteiger partial charge on any atom is -0.383 e. The summed E-state index contributed by atoms with van der Waals surface area (Å²) in [6.07, 6.45) is 3.84. The molecule has 0 saturated carbocycles. The van der Waals surface area contributed by atoms with Gasteiger partial charge in [0.2, 0.25) is 5.91 Å². The monoisotopic (exact) mass is 609 g/mol. The van der Waals surface area contributed by atoms with Crippen LogP contribution in [-0.4, -0.2) is 74.2 Å². The molecule has 0 bridgehead atoms. The molecule has 1 aliphatic heterocycles. The number of aryl methyl sites for hydroxylation is 1. The zero-order valence-corrected chi connectivity index (χ0v) is 24.5. The summed E-state index contributed by atoms with van der Waals surface area (Å²) in [4.78, 5) is 66.9. The van der Waals surface area contributed by atoms with Gasteiger partial charge in [-0.1, -0.05) is 6.92 Å². The number of carbonyl (C=O) groups excluding carboxylic acids is 2. The smallest absolute Gasteiger partial charge is 0.332 e. The van der Waals surface area contributed by atoms with Crippen molar-refractivity contribution in [2.45, 2.75) is 45.7 Å². The number of carbonyl (C=O) groups is 2. The Kier molecular flexibility index (Phi) is 9.28. The first-order chi connectivity index (χ1) is 21.2. The van der Waals surface area contributed by atoms with Gasteiger partial charge in [0.25, 0.3) is 11.5 Å². The summed E-state index contributed by atoms with van der Waals surface area (Å²) < 4.78 is 35.2. The number of aromatic amines is 1. The lowest BCUT2D eigenvalue weighted by Gasteiger charge is -2.24. The van der Waals surface area contributed by atoms with Crippen LogP contribution >= 0.6 is 0 Å². The second-order valence-corrected chi connectivity index (χ2v) is 10.5. The van der Waals surface area contributed by atoms with Crippen molar-refractivity contribution in [3.63, 3.8) is 0 Å². The lowest BCUT2D eigenvalue weighted by molar-refractivity contribution is -0.127. The molecule has 1 saturated heterocycles. The van der Waals surface area contributed by atoms with E-state index in [2.05, 4.69) is 15.0 Å². The van der Waals surface area contributed by atoms with Crippen LogP contribution in [0.25, 0.3) is 22.6 Å². The molecule has 3 aromatic heterocycles. The van der Waals surface area contributed by atoms with E-state index in [9.17, 15) is 28.0 Å². The number of ether oxygens (including phenoxy) is 1. The molecule has 0 atom stereocenters. The molecule has 1 N–H and O–H groups in total. The summed E-state index contributed by atoms with van der Waals surface area (Å²) in [5.41, 5.74) is -0.164. The van der Waals surface area contributed by atoms with Crippen molar-refractivity contribution < 1.29 is 23.1 Å². The molecule has 4 aromatic rings. The molecule has 14 heteroatoms. The Balaban J connectivity index is 1.47. The predicted octanol–water partition coefficient (Wildman–Crippen LogP) is 2.94. The number of rotatable bonds is 12. The van der Waals surface area contributed by atoms with Gasteiger partial charge in [0.1, 0.15) is 17.2 Å². The Bertz CT molecular complexity index is 1800. The minimum atomic E-state index is -1.14. The second-order valence-electron chi connectivity index (χ2n) is 10.5. The maximum absolute atomic E-state index is 14.0. The fourth-order valence-corrected chi connectivity index (χ4v) is 5.26. The van der Waals surface area contributed by atoms with E-state index in [0.717, 1.165) is 23.1 Å². The van der Waals surface area contributed by atoms with Crippen molar-refractivity contribution in [1.29, 1.82) is 0 Å². The summed E-state index contributed by atoms with van der Waals surface area (Å²) in [6.45, 7) is 3.81. The van der Waals surface area contributed by atoms with Gasteiger partial charge in [-0.3, -0.25) is 28.4 Å². The summed E-state index contributed by atoms with van der Waals surface area (Å²) >= 11 is 0. The topological polar surface area (TPSA) is 135 Å². The van der Waals surface area contributed by atoms with Gasteiger partial charge in [0, 0.05) is 57.0 Å². The molecule has 0 spiro atoms. The minimum absolute atomic E-state index is 0.0528. The molecule has 0 aliphatic carbocycles. The third-order valence-corrected chi connectivity index (χ3v) is 7.52. The molecular formula is C30H33F2N7O5. The van der Waals surface area contributed by atoms with Gasteiger partial charge in [0.05, 0.1) is 13.2 Å². The molecule has 44 heavy (non-hydrogen) atoms. The zero-order chi connectivity index (χ0) is 31.4. The largest absolute Gasteiger partial charge is 0.383 e. The SMILES string of the molecule is CCCn1c(=O)n(CCOC)c(=O)c2[nH]c(-c3ccc(N(CCCN4CCCC4=O)C(=O)c4ccc(F)c(F)c4)nc3)nc21. The van der Waals surface area contributed by atoms with Gasteiger partial charge < -0.3 is 14.6 Å². The summed E-state index contributed by atoms with van der Waals surface area (Å²) in [6, 6.07) is 6.17. The van der Waals surface area contributed by atoms with E-state index in [1.807, 2.05) is 6.92 Å². The zero-order valence-electron chi connectivity index (χ0n) is 24.5. The number of nitrogens with zero attached hydrogens (tertiary/aromatic N) is 6. The number of H-pyrrole nitrogens is 1. The molecule has 232 valence electrons. The van der Waals surface area contributed by atoms with Gasteiger partial charge in [-0.25, -0.2) is 23.5 Å². The highest BCUT2D eigenvalue weighted by molar-refractivity contribution is 6.05. The number of halogens is 2. The van der Waals surface area contributed by atoms with Crippen LogP contribution in [0.5, 0.6) is 0 Å². The molecule has 12 nitrogen and oxygen atoms in total. The van der Waals surface area contributed by atoms with E-state index >= 15 is 0 Å². The lowest BCUT2D eigenvalue weighted by Crippen LogP contribution is -2.41. The Morgan fingerprint density at radius 2 is 1.89 bits per heavy atom. The molecule has 1 aromatic carbocycles. The Morgan fingerprint density at radius 3 is 2.55 bits per heavy atom. The van der Waals surface area contributed by atoms with Gasteiger partial charge in [-0.05, 0) is 49.6 Å². The van der Waals surface area contributed by atoms with Crippen LogP contribution in [0, 0.1) is 11.6 Å². The molecule has 5 rings (SSSR count). The van der Waals surface area contributed by atoms with E-state index in [0.29, 0.717) is 50.3 Å². The third-order valence-electron chi connectivity index (χ3n) is 7.52. The third kappa shape index (κ3) is 6.16. The van der Waals surface area contributed by atoms with Crippen LogP contribution in [0.3, 0.4) is 0 Å². The average Bonchev–Trinajstić information content (AvgIpc) is 3.65. The Morgan fingerprint density at radius 1 is 1.07 bits per heavy atom. The van der Waals surface area contributed by atoms with Crippen LogP contribution in [-0.2, 0) is 22.6 Å². The highest BCUT2D eigenvalue weighted by Gasteiger charge is 2.24. The highest BCUT2D eigenvalue weighted by Crippen LogP contribution is 2.23. The van der Waals surface area contributed by atoms with Crippen molar-refractivity contribution in [3.8, 4) is 11.4 Å². The van der Waals surface area contributed by atoms with Crippen LogP contribution in [0.15, 0.2) is 46.1 Å². The number of hydrogen-bond donors (Lipinski definition) is 1. The van der Waals surface area contributed by atoms with Crippen LogP contribution in [0.2, 0.25) is 0 Å². The maximum Gasteiger partial charge on any atom is 0.332 e. The number of amides is 2. The van der Waals surface area contributed by atoms with Crippen molar-refractivity contribution >= 4 is 28.8 Å². The first-order valence-electron chi connectivity index (χ1n) is 14.5. The van der Waals surface area contributed by atoms with Gasteiger partial charge in [-0.2, -0.15) is 0 Å². The number of aromatic nitrogens is 5. The fraction of sp³-hybridized carbons (Fsp3) is 0.400. The summed E-state index contributed by atoms with van der Waals surface area (Å²) in [7, 11) is 1.49. The molecule has 1 aliphatic rings. The molecule has 0 unspecified atom stereocenters. The van der Waals surface area contributed by atoms with Gasteiger partial charge in [-0.15, -0.1) is 0 Å². The number of likely N-dealkylation sites (tertiary alicyclic amines) is 1. The van der Waals surface area contributed by atoms with E-state index in [1.54, 1.807) is 17.0 Å². The molecule has 0 radical (unpaired) electrons. The van der Waals surface area contributed by atoms with E-state index < -0.39 is 28.8 Å². The molecule has 4 heterocycles. The number of hydrogen-bond acceptors (Lipinski definition) is 7. The van der Waals surface area contributed by atoms with Crippen molar-refractivity contribution in [2.75, 3.05) is 38.3 Å². The first-order valence-corrected chi connectivity index (χ1v) is 14.5. The number of imidazole rings is 1. The number of benzene rings is 1. The molecule has 2 amide bonds.